The molecule has 0 amide bonds. The molecule has 132 valence electrons. The van der Waals surface area contributed by atoms with E-state index < -0.39 is 0 Å². The van der Waals surface area contributed by atoms with Gasteiger partial charge in [0.25, 0.3) is 0 Å². The van der Waals surface area contributed by atoms with Crippen molar-refractivity contribution in [1.82, 2.24) is 0 Å². The molecule has 0 aromatic rings. The second-order valence-electron chi connectivity index (χ2n) is 7.88. The molecule has 1 heteroatoms. The largest absolute Gasteiger partial charge is 0.0890 e. The average molecular weight is 373 g/mol. The van der Waals surface area contributed by atoms with Gasteiger partial charge in [0.05, 0.1) is 0 Å². The molecule has 1 unspecified atom stereocenters. The molecule has 1 saturated carbocycles. The van der Waals surface area contributed by atoms with Crippen molar-refractivity contribution in [2.75, 3.05) is 0 Å². The number of unbranched alkanes of at least 4 members (excludes halogenated alkanes) is 10. The molecule has 0 saturated heterocycles. The number of hydrogen-bond acceptors (Lipinski definition) is 0. The predicted molar refractivity (Wildman–Crippen MR) is 105 cm³/mol. The lowest BCUT2D eigenvalue weighted by Gasteiger charge is -2.29. The summed E-state index contributed by atoms with van der Waals surface area (Å²) in [4.78, 5) is 0.813. The van der Waals surface area contributed by atoms with Crippen molar-refractivity contribution in [1.29, 1.82) is 0 Å². The van der Waals surface area contributed by atoms with Crippen LogP contribution in [0.5, 0.6) is 0 Å². The third kappa shape index (κ3) is 8.94. The van der Waals surface area contributed by atoms with Gasteiger partial charge >= 0.3 is 0 Å². The number of rotatable bonds is 14. The second-order valence-corrected chi connectivity index (χ2v) is 9.17. The Morgan fingerprint density at radius 1 is 0.727 bits per heavy atom. The molecular weight excluding hydrogens is 332 g/mol. The summed E-state index contributed by atoms with van der Waals surface area (Å²) in [5.74, 6) is 0. The zero-order chi connectivity index (χ0) is 16.1. The van der Waals surface area contributed by atoms with E-state index >= 15 is 0 Å². The Kier molecular flexibility index (Phi) is 12.0. The summed E-state index contributed by atoms with van der Waals surface area (Å²) in [6.07, 6.45) is 24.8. The van der Waals surface area contributed by atoms with Crippen molar-refractivity contribution in [3.63, 3.8) is 0 Å². The lowest BCUT2D eigenvalue weighted by Crippen LogP contribution is -2.17. The van der Waals surface area contributed by atoms with E-state index in [1.807, 2.05) is 0 Å². The number of alkyl halides is 1. The van der Waals surface area contributed by atoms with Crippen LogP contribution in [0.3, 0.4) is 0 Å². The van der Waals surface area contributed by atoms with Crippen LogP contribution in [0.2, 0.25) is 0 Å². The quantitative estimate of drug-likeness (QED) is 0.212. The van der Waals surface area contributed by atoms with Gasteiger partial charge in [0.2, 0.25) is 0 Å². The first-order valence-electron chi connectivity index (χ1n) is 10.4. The monoisotopic (exact) mass is 372 g/mol. The van der Waals surface area contributed by atoms with Gasteiger partial charge < -0.3 is 0 Å². The lowest BCUT2D eigenvalue weighted by molar-refractivity contribution is 0.230. The first-order valence-corrected chi connectivity index (χ1v) is 11.3. The van der Waals surface area contributed by atoms with Gasteiger partial charge in [0.1, 0.15) is 0 Å². The average Bonchev–Trinajstić information content (AvgIpc) is 2.88. The predicted octanol–water partition coefficient (Wildman–Crippen LogP) is 8.42. The summed E-state index contributed by atoms with van der Waals surface area (Å²) >= 11 is 3.90. The van der Waals surface area contributed by atoms with Gasteiger partial charge in [-0.1, -0.05) is 107 Å². The van der Waals surface area contributed by atoms with E-state index in [4.69, 9.17) is 0 Å². The standard InChI is InChI=1S/C21H41Br/c1-3-5-7-9-11-13-16-21(18-15-20(22)19-21)17-14-12-10-8-6-4-2/h20H,3-19H2,1-2H3. The summed E-state index contributed by atoms with van der Waals surface area (Å²) in [6, 6.07) is 0. The molecule has 0 heterocycles. The molecule has 1 rings (SSSR count). The highest BCUT2D eigenvalue weighted by Gasteiger charge is 2.36. The Morgan fingerprint density at radius 3 is 1.59 bits per heavy atom. The maximum absolute atomic E-state index is 3.90. The van der Waals surface area contributed by atoms with Crippen LogP contribution in [-0.2, 0) is 0 Å². The highest BCUT2D eigenvalue weighted by atomic mass is 79.9. The Hall–Kier alpha value is 0.480. The Bertz CT molecular complexity index is 232. The molecule has 0 N–H and O–H groups in total. The van der Waals surface area contributed by atoms with Crippen molar-refractivity contribution in [3.8, 4) is 0 Å². The summed E-state index contributed by atoms with van der Waals surface area (Å²) < 4.78 is 0. The Morgan fingerprint density at radius 2 is 1.18 bits per heavy atom. The first kappa shape index (κ1) is 20.5. The van der Waals surface area contributed by atoms with Crippen LogP contribution >= 0.6 is 15.9 Å². The molecule has 1 fully saturated rings. The molecule has 0 spiro atoms. The van der Waals surface area contributed by atoms with Gasteiger partial charge in [0, 0.05) is 4.83 Å². The number of halogens is 1. The van der Waals surface area contributed by atoms with Crippen molar-refractivity contribution in [3.05, 3.63) is 0 Å². The molecule has 0 bridgehead atoms. The Balaban J connectivity index is 2.18. The lowest BCUT2D eigenvalue weighted by atomic mass is 9.76. The third-order valence-electron chi connectivity index (χ3n) is 5.76. The van der Waals surface area contributed by atoms with Gasteiger partial charge in [-0.3, -0.25) is 0 Å². The van der Waals surface area contributed by atoms with E-state index in [0.717, 1.165) is 4.83 Å². The van der Waals surface area contributed by atoms with Crippen LogP contribution in [0.4, 0.5) is 0 Å². The van der Waals surface area contributed by atoms with Gasteiger partial charge in [-0.2, -0.15) is 0 Å². The van der Waals surface area contributed by atoms with Gasteiger partial charge in [-0.15, -0.1) is 0 Å². The van der Waals surface area contributed by atoms with Crippen molar-refractivity contribution in [2.24, 2.45) is 5.41 Å². The SMILES string of the molecule is CCCCCCCCC1(CCCCCCCC)CCC(Br)C1. The molecule has 22 heavy (non-hydrogen) atoms. The van der Waals surface area contributed by atoms with Gasteiger partial charge in [-0.05, 0) is 37.5 Å². The second kappa shape index (κ2) is 12.8. The van der Waals surface area contributed by atoms with Crippen LogP contribution in [0.1, 0.15) is 123 Å². The van der Waals surface area contributed by atoms with E-state index in [0.29, 0.717) is 5.41 Å². The van der Waals surface area contributed by atoms with Gasteiger partial charge in [0.15, 0.2) is 0 Å². The van der Waals surface area contributed by atoms with E-state index in [9.17, 15) is 0 Å². The molecule has 0 nitrogen and oxygen atoms in total. The normalized spacial score (nSPS) is 20.6. The van der Waals surface area contributed by atoms with Gasteiger partial charge in [-0.25, -0.2) is 0 Å². The molecule has 1 aliphatic rings. The molecule has 1 atom stereocenters. The topological polar surface area (TPSA) is 0 Å². The smallest absolute Gasteiger partial charge is 0.0151 e. The summed E-state index contributed by atoms with van der Waals surface area (Å²) in [5.41, 5.74) is 0.712. The number of hydrogen-bond donors (Lipinski definition) is 0. The molecular formula is C21H41Br. The molecule has 0 radical (unpaired) electrons. The minimum atomic E-state index is 0.712. The minimum Gasteiger partial charge on any atom is -0.0890 e. The van der Waals surface area contributed by atoms with Crippen molar-refractivity contribution < 1.29 is 0 Å². The molecule has 1 aliphatic carbocycles. The van der Waals surface area contributed by atoms with E-state index in [1.165, 1.54) is 109 Å². The Labute approximate surface area is 149 Å². The maximum atomic E-state index is 3.90. The van der Waals surface area contributed by atoms with Crippen LogP contribution in [-0.4, -0.2) is 4.83 Å². The van der Waals surface area contributed by atoms with Crippen LogP contribution in [0.25, 0.3) is 0 Å². The van der Waals surface area contributed by atoms with Crippen molar-refractivity contribution in [2.45, 2.75) is 128 Å². The summed E-state index contributed by atoms with van der Waals surface area (Å²) in [5, 5.41) is 0. The van der Waals surface area contributed by atoms with Crippen LogP contribution in [0.15, 0.2) is 0 Å². The molecule has 0 aromatic heterocycles. The minimum absolute atomic E-state index is 0.712. The van der Waals surface area contributed by atoms with Crippen molar-refractivity contribution >= 4 is 15.9 Å². The molecule has 0 aliphatic heterocycles. The van der Waals surface area contributed by atoms with Crippen LogP contribution < -0.4 is 0 Å². The zero-order valence-electron chi connectivity index (χ0n) is 15.5. The first-order chi connectivity index (χ1) is 10.7. The fourth-order valence-electron chi connectivity index (χ4n) is 4.28. The molecule has 0 aromatic carbocycles. The maximum Gasteiger partial charge on any atom is 0.0151 e. The highest BCUT2D eigenvalue weighted by molar-refractivity contribution is 9.09. The summed E-state index contributed by atoms with van der Waals surface area (Å²) in [7, 11) is 0. The fraction of sp³-hybridized carbons (Fsp3) is 1.00. The highest BCUT2D eigenvalue weighted by Crippen LogP contribution is 2.48. The third-order valence-corrected chi connectivity index (χ3v) is 6.55. The summed E-state index contributed by atoms with van der Waals surface area (Å²) in [6.45, 7) is 4.62. The van der Waals surface area contributed by atoms with E-state index in [2.05, 4.69) is 29.8 Å². The zero-order valence-corrected chi connectivity index (χ0v) is 17.1. The van der Waals surface area contributed by atoms with Crippen LogP contribution in [0, 0.1) is 5.41 Å². The van der Waals surface area contributed by atoms with E-state index in [1.54, 1.807) is 0 Å². The fourth-order valence-corrected chi connectivity index (χ4v) is 5.19. The van der Waals surface area contributed by atoms with E-state index in [-0.39, 0.29) is 0 Å².